The number of hydrogen-bond acceptors (Lipinski definition) is 3. The molecule has 1 saturated heterocycles. The second-order valence-corrected chi connectivity index (χ2v) is 5.73. The predicted octanol–water partition coefficient (Wildman–Crippen LogP) is 2.90. The predicted molar refractivity (Wildman–Crippen MR) is 86.0 cm³/mol. The molecule has 0 aliphatic carbocycles. The Bertz CT molecular complexity index is 807. The Labute approximate surface area is 133 Å². The van der Waals surface area contributed by atoms with Crippen LogP contribution in [0, 0.1) is 0 Å². The lowest BCUT2D eigenvalue weighted by Gasteiger charge is -2.34. The number of benzene rings is 1. The molecule has 1 unspecified atom stereocenters. The maximum atomic E-state index is 12.8. The molecule has 1 aliphatic heterocycles. The molecule has 23 heavy (non-hydrogen) atoms. The summed E-state index contributed by atoms with van der Waals surface area (Å²) in [5.41, 5.74) is 2.08. The van der Waals surface area contributed by atoms with Crippen molar-refractivity contribution in [2.75, 3.05) is 19.8 Å². The number of furan rings is 1. The molecule has 2 aromatic heterocycles. The number of hydrogen-bond donors (Lipinski definition) is 1. The van der Waals surface area contributed by atoms with Crippen LogP contribution in [-0.2, 0) is 16.0 Å². The summed E-state index contributed by atoms with van der Waals surface area (Å²) in [5.74, 6) is 0.872. The molecule has 0 bridgehead atoms. The molecule has 1 N–H and O–H groups in total. The molecule has 1 amide bonds. The van der Waals surface area contributed by atoms with Gasteiger partial charge < -0.3 is 19.0 Å². The van der Waals surface area contributed by atoms with Gasteiger partial charge >= 0.3 is 0 Å². The Hall–Kier alpha value is -2.53. The van der Waals surface area contributed by atoms with Gasteiger partial charge in [0, 0.05) is 23.6 Å². The quantitative estimate of drug-likeness (QED) is 0.809. The highest BCUT2D eigenvalue weighted by Gasteiger charge is 2.30. The largest absolute Gasteiger partial charge is 0.467 e. The number of fused-ring (bicyclic) bond motifs is 1. The van der Waals surface area contributed by atoms with Crippen LogP contribution in [0.25, 0.3) is 10.9 Å². The number of amides is 1. The highest BCUT2D eigenvalue weighted by atomic mass is 16.5. The Balaban J connectivity index is 1.57. The van der Waals surface area contributed by atoms with Crippen LogP contribution in [0.3, 0.4) is 0 Å². The molecule has 1 fully saturated rings. The lowest BCUT2D eigenvalue weighted by Crippen LogP contribution is -2.43. The summed E-state index contributed by atoms with van der Waals surface area (Å²) >= 11 is 0. The van der Waals surface area contributed by atoms with Crippen molar-refractivity contribution < 1.29 is 13.9 Å². The van der Waals surface area contributed by atoms with Gasteiger partial charge in [-0.25, -0.2) is 0 Å². The smallest absolute Gasteiger partial charge is 0.227 e. The molecule has 0 saturated carbocycles. The fraction of sp³-hybridized carbons (Fsp3) is 0.278. The van der Waals surface area contributed by atoms with E-state index in [-0.39, 0.29) is 11.9 Å². The summed E-state index contributed by atoms with van der Waals surface area (Å²) in [6.45, 7) is 1.64. The molecule has 4 rings (SSSR count). The topological polar surface area (TPSA) is 58.5 Å². The number of para-hydroxylation sites is 1. The van der Waals surface area contributed by atoms with Crippen molar-refractivity contribution in [1.82, 2.24) is 9.88 Å². The Morgan fingerprint density at radius 2 is 2.17 bits per heavy atom. The number of ether oxygens (including phenoxy) is 1. The average molecular weight is 310 g/mol. The number of carbonyl (C=O) groups excluding carboxylic acids is 1. The molecule has 3 aromatic rings. The van der Waals surface area contributed by atoms with Crippen LogP contribution >= 0.6 is 0 Å². The first kappa shape index (κ1) is 14.1. The number of aromatic amines is 1. The SMILES string of the molecule is O=C(Cc1c[nH]c2ccccc12)N1CCOCC1c1ccco1. The molecular weight excluding hydrogens is 292 g/mol. The fourth-order valence-corrected chi connectivity index (χ4v) is 3.16. The molecule has 1 atom stereocenters. The summed E-state index contributed by atoms with van der Waals surface area (Å²) in [6.07, 6.45) is 3.93. The maximum absolute atomic E-state index is 12.8. The van der Waals surface area contributed by atoms with Crippen molar-refractivity contribution in [2.24, 2.45) is 0 Å². The normalized spacial score (nSPS) is 18.4. The molecule has 0 spiro atoms. The summed E-state index contributed by atoms with van der Waals surface area (Å²) in [5, 5.41) is 1.10. The summed E-state index contributed by atoms with van der Waals surface area (Å²) < 4.78 is 11.0. The van der Waals surface area contributed by atoms with Gasteiger partial charge in [-0.3, -0.25) is 4.79 Å². The van der Waals surface area contributed by atoms with Crippen molar-refractivity contribution in [3.63, 3.8) is 0 Å². The van der Waals surface area contributed by atoms with Gasteiger partial charge in [-0.15, -0.1) is 0 Å². The lowest BCUT2D eigenvalue weighted by atomic mass is 10.1. The van der Waals surface area contributed by atoms with Gasteiger partial charge in [0.15, 0.2) is 0 Å². The molecule has 1 aromatic carbocycles. The minimum Gasteiger partial charge on any atom is -0.467 e. The van der Waals surface area contributed by atoms with E-state index in [1.54, 1.807) is 6.26 Å². The Morgan fingerprint density at radius 1 is 1.26 bits per heavy atom. The highest BCUT2D eigenvalue weighted by molar-refractivity contribution is 5.89. The summed E-state index contributed by atoms with van der Waals surface area (Å²) in [4.78, 5) is 17.9. The van der Waals surface area contributed by atoms with Gasteiger partial charge in [0.1, 0.15) is 11.8 Å². The van der Waals surface area contributed by atoms with Crippen LogP contribution in [0.2, 0.25) is 0 Å². The lowest BCUT2D eigenvalue weighted by molar-refractivity contribution is -0.140. The van der Waals surface area contributed by atoms with Crippen molar-refractivity contribution in [3.05, 3.63) is 60.2 Å². The number of H-pyrrole nitrogens is 1. The maximum Gasteiger partial charge on any atom is 0.227 e. The molecular formula is C18H18N2O3. The first-order chi connectivity index (χ1) is 11.3. The molecule has 3 heterocycles. The van der Waals surface area contributed by atoms with Crippen LogP contribution in [0.1, 0.15) is 17.4 Å². The number of rotatable bonds is 3. The number of nitrogens with one attached hydrogen (secondary N) is 1. The van der Waals surface area contributed by atoms with Crippen LogP contribution in [0.15, 0.2) is 53.3 Å². The van der Waals surface area contributed by atoms with E-state index < -0.39 is 0 Å². The monoisotopic (exact) mass is 310 g/mol. The third-order valence-electron chi connectivity index (χ3n) is 4.34. The van der Waals surface area contributed by atoms with E-state index in [2.05, 4.69) is 4.98 Å². The van der Waals surface area contributed by atoms with Crippen LogP contribution < -0.4 is 0 Å². The van der Waals surface area contributed by atoms with E-state index in [9.17, 15) is 4.79 Å². The van der Waals surface area contributed by atoms with Crippen molar-refractivity contribution in [2.45, 2.75) is 12.5 Å². The van der Waals surface area contributed by atoms with Crippen LogP contribution in [0.5, 0.6) is 0 Å². The van der Waals surface area contributed by atoms with E-state index in [1.165, 1.54) is 0 Å². The third kappa shape index (κ3) is 2.64. The number of morpholine rings is 1. The van der Waals surface area contributed by atoms with Gasteiger partial charge in [-0.05, 0) is 23.8 Å². The molecule has 5 nitrogen and oxygen atoms in total. The number of carbonyl (C=O) groups is 1. The fourth-order valence-electron chi connectivity index (χ4n) is 3.16. The minimum absolute atomic E-state index is 0.0967. The zero-order chi connectivity index (χ0) is 15.6. The van der Waals surface area contributed by atoms with E-state index in [1.807, 2.05) is 47.5 Å². The zero-order valence-electron chi connectivity index (χ0n) is 12.7. The van der Waals surface area contributed by atoms with Gasteiger partial charge in [0.2, 0.25) is 5.91 Å². The third-order valence-corrected chi connectivity index (χ3v) is 4.34. The first-order valence-electron chi connectivity index (χ1n) is 7.78. The summed E-state index contributed by atoms with van der Waals surface area (Å²) in [6, 6.07) is 11.6. The Kier molecular flexibility index (Phi) is 3.63. The van der Waals surface area contributed by atoms with Gasteiger partial charge in [-0.1, -0.05) is 18.2 Å². The van der Waals surface area contributed by atoms with Gasteiger partial charge in [0.05, 0.1) is 25.9 Å². The number of aromatic nitrogens is 1. The highest BCUT2D eigenvalue weighted by Crippen LogP contribution is 2.26. The molecule has 0 radical (unpaired) electrons. The van der Waals surface area contributed by atoms with Crippen molar-refractivity contribution in [3.8, 4) is 0 Å². The van der Waals surface area contributed by atoms with Crippen LogP contribution in [0.4, 0.5) is 0 Å². The van der Waals surface area contributed by atoms with Gasteiger partial charge in [0.25, 0.3) is 0 Å². The molecule has 1 aliphatic rings. The number of nitrogens with zero attached hydrogens (tertiary/aromatic N) is 1. The second-order valence-electron chi connectivity index (χ2n) is 5.73. The summed E-state index contributed by atoms with van der Waals surface area (Å²) in [7, 11) is 0. The van der Waals surface area contributed by atoms with Gasteiger partial charge in [-0.2, -0.15) is 0 Å². The average Bonchev–Trinajstić information content (AvgIpc) is 3.25. The van der Waals surface area contributed by atoms with E-state index in [0.717, 1.165) is 22.2 Å². The van der Waals surface area contributed by atoms with Crippen molar-refractivity contribution in [1.29, 1.82) is 0 Å². The zero-order valence-corrected chi connectivity index (χ0v) is 12.7. The first-order valence-corrected chi connectivity index (χ1v) is 7.78. The standard InChI is InChI=1S/C18H18N2O3/c21-18(10-13-11-19-15-5-2-1-4-14(13)15)20-7-9-22-12-16(20)17-6-3-8-23-17/h1-6,8,11,16,19H,7,9-10,12H2. The van der Waals surface area contributed by atoms with E-state index in [0.29, 0.717) is 26.2 Å². The Morgan fingerprint density at radius 3 is 3.04 bits per heavy atom. The second kappa shape index (κ2) is 5.93. The van der Waals surface area contributed by atoms with E-state index in [4.69, 9.17) is 9.15 Å². The molecule has 118 valence electrons. The van der Waals surface area contributed by atoms with E-state index >= 15 is 0 Å². The molecule has 5 heteroatoms. The van der Waals surface area contributed by atoms with Crippen molar-refractivity contribution >= 4 is 16.8 Å². The minimum atomic E-state index is -0.142. The van der Waals surface area contributed by atoms with Crippen LogP contribution in [-0.4, -0.2) is 35.5 Å².